The zero-order valence-electron chi connectivity index (χ0n) is 18.2. The number of aliphatic hydroxyl groups excluding tert-OH is 1. The average molecular weight is 438 g/mol. The van der Waals surface area contributed by atoms with E-state index in [0.29, 0.717) is 25.0 Å². The third-order valence-corrected chi connectivity index (χ3v) is 5.59. The van der Waals surface area contributed by atoms with Crippen molar-refractivity contribution in [2.45, 2.75) is 33.1 Å². The summed E-state index contributed by atoms with van der Waals surface area (Å²) >= 11 is 5.96. The number of carbonyl (C=O) groups excluding carboxylic acids is 1. The Kier molecular flexibility index (Phi) is 10.8. The Hall–Kier alpha value is -1.99. The Morgan fingerprint density at radius 2 is 1.83 bits per heavy atom. The number of piperazine rings is 1. The number of rotatable bonds is 10. The monoisotopic (exact) mass is 437 g/mol. The molecule has 1 fully saturated rings. The van der Waals surface area contributed by atoms with E-state index in [9.17, 15) is 9.90 Å². The lowest BCUT2D eigenvalue weighted by Gasteiger charge is -2.36. The summed E-state index contributed by atoms with van der Waals surface area (Å²) in [6.07, 6.45) is 2.92. The summed E-state index contributed by atoms with van der Waals surface area (Å²) in [7, 11) is 0. The van der Waals surface area contributed by atoms with Gasteiger partial charge in [-0.05, 0) is 49.9 Å². The highest BCUT2D eigenvalue weighted by molar-refractivity contribution is 6.30. The molecule has 1 aliphatic heterocycles. The lowest BCUT2D eigenvalue weighted by atomic mass is 10.0. The molecule has 1 aliphatic rings. The maximum atomic E-state index is 12.6. The van der Waals surface area contributed by atoms with Crippen LogP contribution in [-0.2, 0) is 4.79 Å². The van der Waals surface area contributed by atoms with Crippen LogP contribution in [0.25, 0.3) is 0 Å². The van der Waals surface area contributed by atoms with Gasteiger partial charge in [0.1, 0.15) is 6.54 Å². The number of nitrogens with one attached hydrogen (secondary N) is 2. The van der Waals surface area contributed by atoms with Crippen molar-refractivity contribution in [2.24, 2.45) is 10.9 Å². The summed E-state index contributed by atoms with van der Waals surface area (Å²) < 4.78 is 0. The van der Waals surface area contributed by atoms with Crippen molar-refractivity contribution < 1.29 is 9.90 Å². The van der Waals surface area contributed by atoms with Crippen molar-refractivity contribution >= 4 is 29.2 Å². The van der Waals surface area contributed by atoms with E-state index in [1.54, 1.807) is 0 Å². The number of aliphatic imine (C=N–C) groups is 1. The lowest BCUT2D eigenvalue weighted by molar-refractivity contribution is -0.129. The van der Waals surface area contributed by atoms with Gasteiger partial charge in [0.15, 0.2) is 5.96 Å². The number of amides is 1. The number of nitrogens with zero attached hydrogens (tertiary/aromatic N) is 3. The minimum atomic E-state index is 0.0448. The van der Waals surface area contributed by atoms with Gasteiger partial charge < -0.3 is 25.5 Å². The van der Waals surface area contributed by atoms with Gasteiger partial charge in [0, 0.05) is 56.6 Å². The predicted molar refractivity (Wildman–Crippen MR) is 124 cm³/mol. The van der Waals surface area contributed by atoms with Crippen molar-refractivity contribution in [3.05, 3.63) is 29.3 Å². The summed E-state index contributed by atoms with van der Waals surface area (Å²) in [6.45, 7) is 8.94. The topological polar surface area (TPSA) is 80.2 Å². The molecule has 30 heavy (non-hydrogen) atoms. The number of hydrogen-bond donors (Lipinski definition) is 3. The molecule has 1 heterocycles. The molecule has 8 heteroatoms. The van der Waals surface area contributed by atoms with E-state index in [0.717, 1.165) is 56.2 Å². The van der Waals surface area contributed by atoms with Crippen LogP contribution in [0.2, 0.25) is 5.02 Å². The van der Waals surface area contributed by atoms with Gasteiger partial charge in [-0.15, -0.1) is 0 Å². The van der Waals surface area contributed by atoms with E-state index < -0.39 is 0 Å². The van der Waals surface area contributed by atoms with Gasteiger partial charge in [-0.3, -0.25) is 4.79 Å². The molecule has 1 aromatic carbocycles. The molecule has 0 aromatic heterocycles. The Balaban J connectivity index is 1.82. The predicted octanol–water partition coefficient (Wildman–Crippen LogP) is 2.34. The van der Waals surface area contributed by atoms with Gasteiger partial charge in [-0.1, -0.05) is 24.9 Å². The van der Waals surface area contributed by atoms with Gasteiger partial charge in [0.05, 0.1) is 0 Å². The fourth-order valence-electron chi connectivity index (χ4n) is 3.63. The highest BCUT2D eigenvalue weighted by Crippen LogP contribution is 2.19. The molecule has 0 bridgehead atoms. The van der Waals surface area contributed by atoms with Crippen molar-refractivity contribution in [1.82, 2.24) is 15.5 Å². The van der Waals surface area contributed by atoms with Crippen LogP contribution >= 0.6 is 11.6 Å². The van der Waals surface area contributed by atoms with E-state index in [1.807, 2.05) is 36.1 Å². The third kappa shape index (κ3) is 8.03. The molecule has 0 radical (unpaired) electrons. The van der Waals surface area contributed by atoms with Crippen molar-refractivity contribution in [3.63, 3.8) is 0 Å². The first-order valence-electron chi connectivity index (χ1n) is 11.0. The number of hydrogen-bond acceptors (Lipinski definition) is 4. The summed E-state index contributed by atoms with van der Waals surface area (Å²) in [5.74, 6) is 1.11. The van der Waals surface area contributed by atoms with Crippen LogP contribution in [-0.4, -0.2) is 74.3 Å². The van der Waals surface area contributed by atoms with E-state index in [-0.39, 0.29) is 19.1 Å². The van der Waals surface area contributed by atoms with Crippen LogP contribution in [0.5, 0.6) is 0 Å². The van der Waals surface area contributed by atoms with E-state index in [2.05, 4.69) is 27.4 Å². The second kappa shape index (κ2) is 13.3. The van der Waals surface area contributed by atoms with Gasteiger partial charge >= 0.3 is 0 Å². The maximum Gasteiger partial charge on any atom is 0.244 e. The minimum absolute atomic E-state index is 0.0448. The molecule has 168 valence electrons. The van der Waals surface area contributed by atoms with Gasteiger partial charge in [-0.25, -0.2) is 4.99 Å². The largest absolute Gasteiger partial charge is 0.396 e. The van der Waals surface area contributed by atoms with Crippen LogP contribution in [0.1, 0.15) is 33.1 Å². The quantitative estimate of drug-likeness (QED) is 0.386. The van der Waals surface area contributed by atoms with Crippen molar-refractivity contribution in [1.29, 1.82) is 0 Å². The number of guanidine groups is 1. The molecule has 2 rings (SSSR count). The zero-order valence-corrected chi connectivity index (χ0v) is 19.0. The van der Waals surface area contributed by atoms with E-state index in [1.165, 1.54) is 0 Å². The number of carbonyl (C=O) groups is 1. The first kappa shape index (κ1) is 24.3. The second-order valence-electron chi connectivity index (χ2n) is 7.59. The molecular formula is C22H36ClN5O2. The van der Waals surface area contributed by atoms with Gasteiger partial charge in [0.2, 0.25) is 5.91 Å². The SMILES string of the molecule is CCCC(CCO)CNC(=NCC(=O)N1CCN(c2ccc(Cl)cc2)CC1)NCC. The minimum Gasteiger partial charge on any atom is -0.396 e. The van der Waals surface area contributed by atoms with Crippen molar-refractivity contribution in [2.75, 3.05) is 57.3 Å². The number of aliphatic hydroxyl groups is 1. The molecule has 1 saturated heterocycles. The Labute approximate surface area is 185 Å². The van der Waals surface area contributed by atoms with E-state index in [4.69, 9.17) is 11.6 Å². The summed E-state index contributed by atoms with van der Waals surface area (Å²) in [4.78, 5) is 21.3. The summed E-state index contributed by atoms with van der Waals surface area (Å²) in [5, 5.41) is 16.5. The molecule has 3 N–H and O–H groups in total. The molecule has 0 spiro atoms. The zero-order chi connectivity index (χ0) is 21.8. The van der Waals surface area contributed by atoms with Crippen LogP contribution in [0.4, 0.5) is 5.69 Å². The van der Waals surface area contributed by atoms with Crippen molar-refractivity contribution in [3.8, 4) is 0 Å². The van der Waals surface area contributed by atoms with E-state index >= 15 is 0 Å². The smallest absolute Gasteiger partial charge is 0.244 e. The average Bonchev–Trinajstić information content (AvgIpc) is 2.76. The molecule has 1 amide bonds. The van der Waals surface area contributed by atoms with Crippen LogP contribution in [0.15, 0.2) is 29.3 Å². The van der Waals surface area contributed by atoms with Gasteiger partial charge in [0.25, 0.3) is 0 Å². The summed E-state index contributed by atoms with van der Waals surface area (Å²) in [5.41, 5.74) is 1.13. The fourth-order valence-corrected chi connectivity index (χ4v) is 3.76. The Morgan fingerprint density at radius 1 is 1.13 bits per heavy atom. The van der Waals surface area contributed by atoms with Crippen LogP contribution in [0.3, 0.4) is 0 Å². The lowest BCUT2D eigenvalue weighted by Crippen LogP contribution is -2.49. The Morgan fingerprint density at radius 3 is 2.43 bits per heavy atom. The third-order valence-electron chi connectivity index (χ3n) is 5.33. The first-order valence-corrected chi connectivity index (χ1v) is 11.4. The normalized spacial score (nSPS) is 15.8. The van der Waals surface area contributed by atoms with Gasteiger partial charge in [-0.2, -0.15) is 0 Å². The second-order valence-corrected chi connectivity index (χ2v) is 8.02. The fraction of sp³-hybridized carbons (Fsp3) is 0.636. The summed E-state index contributed by atoms with van der Waals surface area (Å²) in [6, 6.07) is 7.82. The molecule has 1 unspecified atom stereocenters. The standard InChI is InChI=1S/C22H36ClN5O2/c1-3-5-18(10-15-29)16-25-22(24-4-2)26-17-21(30)28-13-11-27(12-14-28)20-8-6-19(23)7-9-20/h6-9,18,29H,3-5,10-17H2,1-2H3,(H2,24,25,26). The first-order chi connectivity index (χ1) is 14.6. The number of anilines is 1. The molecule has 7 nitrogen and oxygen atoms in total. The molecule has 1 atom stereocenters. The molecule has 1 aromatic rings. The van der Waals surface area contributed by atoms with Crippen LogP contribution in [0, 0.1) is 5.92 Å². The Bertz CT molecular complexity index is 654. The molecule has 0 aliphatic carbocycles. The highest BCUT2D eigenvalue weighted by atomic mass is 35.5. The number of benzene rings is 1. The van der Waals surface area contributed by atoms with Crippen LogP contribution < -0.4 is 15.5 Å². The molecular weight excluding hydrogens is 402 g/mol. The maximum absolute atomic E-state index is 12.6. The number of halogens is 1. The molecule has 0 saturated carbocycles. The highest BCUT2D eigenvalue weighted by Gasteiger charge is 2.21.